The molecule has 3 aromatic rings. The Labute approximate surface area is 137 Å². The number of anilines is 3. The third-order valence-corrected chi connectivity index (χ3v) is 4.04. The molecule has 24 heavy (non-hydrogen) atoms. The SMILES string of the molecule is CN1Cc2c(n[nH]c2Nc2ccc(-c3cn[nH]n3)cc2)N(C)C1=O. The smallest absolute Gasteiger partial charge is 0.325 e. The Bertz CT molecular complexity index is 868. The zero-order valence-corrected chi connectivity index (χ0v) is 13.2. The fraction of sp³-hybridized carbons (Fsp3) is 0.200. The van der Waals surface area contributed by atoms with Crippen LogP contribution in [-0.2, 0) is 6.54 Å². The number of aromatic nitrogens is 5. The Kier molecular flexibility index (Phi) is 3.19. The van der Waals surface area contributed by atoms with Gasteiger partial charge in [0.25, 0.3) is 0 Å². The molecule has 4 rings (SSSR count). The number of hydrogen-bond acceptors (Lipinski definition) is 5. The van der Waals surface area contributed by atoms with Crippen molar-refractivity contribution in [2.75, 3.05) is 24.3 Å². The molecular formula is C15H16N8O. The molecule has 0 bridgehead atoms. The standard InChI is InChI=1S/C15H16N8O/c1-22-8-11-13(19-20-14(11)23(2)15(22)24)17-10-5-3-9(4-6-10)12-7-16-21-18-12/h3-7H,8H2,1-2H3,(H,16,18,21)(H2,17,19,20). The molecule has 122 valence electrons. The van der Waals surface area contributed by atoms with E-state index in [2.05, 4.69) is 30.9 Å². The minimum atomic E-state index is -0.0717. The van der Waals surface area contributed by atoms with Crippen LogP contribution in [0.1, 0.15) is 5.56 Å². The normalized spacial score (nSPS) is 14.0. The number of rotatable bonds is 3. The van der Waals surface area contributed by atoms with Gasteiger partial charge in [-0.1, -0.05) is 12.1 Å². The summed E-state index contributed by atoms with van der Waals surface area (Å²) in [5.41, 5.74) is 3.64. The number of nitrogens with zero attached hydrogens (tertiary/aromatic N) is 5. The first-order valence-electron chi connectivity index (χ1n) is 7.43. The molecule has 9 nitrogen and oxygen atoms in total. The van der Waals surface area contributed by atoms with E-state index in [4.69, 9.17) is 0 Å². The predicted molar refractivity (Wildman–Crippen MR) is 89.0 cm³/mol. The van der Waals surface area contributed by atoms with Gasteiger partial charge in [-0.25, -0.2) is 4.79 Å². The van der Waals surface area contributed by atoms with Crippen molar-refractivity contribution >= 4 is 23.4 Å². The van der Waals surface area contributed by atoms with E-state index < -0.39 is 0 Å². The van der Waals surface area contributed by atoms with E-state index in [-0.39, 0.29) is 6.03 Å². The van der Waals surface area contributed by atoms with Crippen LogP contribution in [0.25, 0.3) is 11.3 Å². The van der Waals surface area contributed by atoms with Gasteiger partial charge < -0.3 is 10.2 Å². The van der Waals surface area contributed by atoms with E-state index in [1.54, 1.807) is 25.2 Å². The van der Waals surface area contributed by atoms with Crippen molar-refractivity contribution < 1.29 is 4.79 Å². The molecule has 0 aliphatic carbocycles. The fourth-order valence-electron chi connectivity index (χ4n) is 2.75. The minimum Gasteiger partial charge on any atom is -0.340 e. The monoisotopic (exact) mass is 324 g/mol. The van der Waals surface area contributed by atoms with Gasteiger partial charge in [-0.3, -0.25) is 10.00 Å². The van der Waals surface area contributed by atoms with Crippen LogP contribution in [0.3, 0.4) is 0 Å². The highest BCUT2D eigenvalue weighted by Gasteiger charge is 2.29. The number of carbonyl (C=O) groups is 1. The van der Waals surface area contributed by atoms with Crippen LogP contribution in [-0.4, -0.2) is 50.6 Å². The molecule has 1 aromatic carbocycles. The van der Waals surface area contributed by atoms with Gasteiger partial charge in [0.1, 0.15) is 11.5 Å². The first kappa shape index (κ1) is 14.2. The molecule has 2 aromatic heterocycles. The number of carbonyl (C=O) groups excluding carboxylic acids is 1. The molecule has 3 heterocycles. The van der Waals surface area contributed by atoms with Crippen LogP contribution in [0.5, 0.6) is 0 Å². The third-order valence-electron chi connectivity index (χ3n) is 4.04. The van der Waals surface area contributed by atoms with Gasteiger partial charge in [-0.15, -0.1) is 0 Å². The molecule has 0 spiro atoms. The zero-order chi connectivity index (χ0) is 16.7. The van der Waals surface area contributed by atoms with Crippen molar-refractivity contribution in [3.8, 4) is 11.3 Å². The van der Waals surface area contributed by atoms with E-state index in [1.165, 1.54) is 4.90 Å². The summed E-state index contributed by atoms with van der Waals surface area (Å²) < 4.78 is 0. The molecule has 0 saturated carbocycles. The summed E-state index contributed by atoms with van der Waals surface area (Å²) in [5, 5.41) is 21.0. The highest BCUT2D eigenvalue weighted by atomic mass is 16.2. The van der Waals surface area contributed by atoms with Crippen LogP contribution in [0, 0.1) is 0 Å². The number of H-pyrrole nitrogens is 2. The summed E-state index contributed by atoms with van der Waals surface area (Å²) in [6.07, 6.45) is 1.68. The molecule has 0 unspecified atom stereocenters. The van der Waals surface area contributed by atoms with Crippen molar-refractivity contribution in [3.63, 3.8) is 0 Å². The van der Waals surface area contributed by atoms with Gasteiger partial charge in [0.2, 0.25) is 0 Å². The van der Waals surface area contributed by atoms with Gasteiger partial charge in [-0.05, 0) is 12.1 Å². The van der Waals surface area contributed by atoms with E-state index >= 15 is 0 Å². The van der Waals surface area contributed by atoms with Crippen molar-refractivity contribution in [2.24, 2.45) is 0 Å². The number of benzene rings is 1. The maximum absolute atomic E-state index is 12.0. The van der Waals surface area contributed by atoms with E-state index in [0.29, 0.717) is 12.4 Å². The highest BCUT2D eigenvalue weighted by Crippen LogP contribution is 2.32. The van der Waals surface area contributed by atoms with Crippen molar-refractivity contribution in [1.29, 1.82) is 0 Å². The third kappa shape index (κ3) is 2.26. The van der Waals surface area contributed by atoms with E-state index in [1.807, 2.05) is 24.3 Å². The first-order valence-corrected chi connectivity index (χ1v) is 7.43. The lowest BCUT2D eigenvalue weighted by Crippen LogP contribution is -2.42. The molecule has 9 heteroatoms. The average molecular weight is 324 g/mol. The number of hydrogen-bond donors (Lipinski definition) is 3. The lowest BCUT2D eigenvalue weighted by Gasteiger charge is -2.29. The molecule has 0 atom stereocenters. The van der Waals surface area contributed by atoms with Crippen LogP contribution < -0.4 is 10.2 Å². The topological polar surface area (TPSA) is 106 Å². The summed E-state index contributed by atoms with van der Waals surface area (Å²) in [6, 6.07) is 7.77. The van der Waals surface area contributed by atoms with Gasteiger partial charge >= 0.3 is 6.03 Å². The zero-order valence-electron chi connectivity index (χ0n) is 13.2. The van der Waals surface area contributed by atoms with Crippen molar-refractivity contribution in [3.05, 3.63) is 36.0 Å². The number of aromatic amines is 2. The molecule has 0 saturated heterocycles. The molecular weight excluding hydrogens is 308 g/mol. The maximum atomic E-state index is 12.0. The van der Waals surface area contributed by atoms with E-state index in [0.717, 1.165) is 28.3 Å². The largest absolute Gasteiger partial charge is 0.340 e. The summed E-state index contributed by atoms with van der Waals surface area (Å²) in [6.45, 7) is 0.508. The minimum absolute atomic E-state index is 0.0717. The molecule has 1 aliphatic rings. The van der Waals surface area contributed by atoms with Crippen LogP contribution in [0.2, 0.25) is 0 Å². The highest BCUT2D eigenvalue weighted by molar-refractivity contribution is 5.94. The average Bonchev–Trinajstić information content (AvgIpc) is 3.24. The molecule has 3 N–H and O–H groups in total. The summed E-state index contributed by atoms with van der Waals surface area (Å²) in [5.74, 6) is 1.44. The van der Waals surface area contributed by atoms with Crippen LogP contribution in [0.4, 0.5) is 22.1 Å². The van der Waals surface area contributed by atoms with Crippen molar-refractivity contribution in [1.82, 2.24) is 30.5 Å². The van der Waals surface area contributed by atoms with Gasteiger partial charge in [0, 0.05) is 25.3 Å². The Balaban J connectivity index is 1.59. The summed E-state index contributed by atoms with van der Waals surface area (Å²) >= 11 is 0. The Morgan fingerprint density at radius 2 is 1.96 bits per heavy atom. The summed E-state index contributed by atoms with van der Waals surface area (Å²) in [7, 11) is 3.49. The Morgan fingerprint density at radius 1 is 1.17 bits per heavy atom. The van der Waals surface area contributed by atoms with Crippen LogP contribution in [0.15, 0.2) is 30.5 Å². The molecule has 0 radical (unpaired) electrons. The lowest BCUT2D eigenvalue weighted by molar-refractivity contribution is 0.212. The summed E-state index contributed by atoms with van der Waals surface area (Å²) in [4.78, 5) is 15.2. The second-order valence-corrected chi connectivity index (χ2v) is 5.66. The molecule has 1 aliphatic heterocycles. The number of fused-ring (bicyclic) bond motifs is 1. The second kappa shape index (κ2) is 5.37. The van der Waals surface area contributed by atoms with Gasteiger partial charge in [0.15, 0.2) is 5.82 Å². The lowest BCUT2D eigenvalue weighted by atomic mass is 10.1. The number of amides is 2. The first-order chi connectivity index (χ1) is 11.6. The number of urea groups is 1. The van der Waals surface area contributed by atoms with E-state index in [9.17, 15) is 4.79 Å². The Morgan fingerprint density at radius 3 is 2.67 bits per heavy atom. The fourth-order valence-corrected chi connectivity index (χ4v) is 2.75. The van der Waals surface area contributed by atoms with Crippen LogP contribution >= 0.6 is 0 Å². The van der Waals surface area contributed by atoms with Crippen molar-refractivity contribution in [2.45, 2.75) is 6.54 Å². The maximum Gasteiger partial charge on any atom is 0.325 e. The molecule has 2 amide bonds. The molecule has 0 fully saturated rings. The Hall–Kier alpha value is -3.36. The number of nitrogens with one attached hydrogen (secondary N) is 3. The van der Waals surface area contributed by atoms with Gasteiger partial charge in [0.05, 0.1) is 18.3 Å². The van der Waals surface area contributed by atoms with Gasteiger partial charge in [-0.2, -0.15) is 20.5 Å². The predicted octanol–water partition coefficient (Wildman–Crippen LogP) is 1.94. The quantitative estimate of drug-likeness (QED) is 0.683. The second-order valence-electron chi connectivity index (χ2n) is 5.66.